The highest BCUT2D eigenvalue weighted by molar-refractivity contribution is 9.10. The van der Waals surface area contributed by atoms with E-state index in [9.17, 15) is 4.79 Å². The van der Waals surface area contributed by atoms with Gasteiger partial charge in [0.15, 0.2) is 0 Å². The minimum Gasteiger partial charge on any atom is -0.309 e. The molecule has 0 aromatic carbocycles. The van der Waals surface area contributed by atoms with E-state index in [2.05, 4.69) is 21.0 Å². The number of hydrogen-bond donors (Lipinski definition) is 0. The Balaban J connectivity index is 2.10. The number of nitrogens with zero attached hydrogens (tertiary/aromatic N) is 4. The summed E-state index contributed by atoms with van der Waals surface area (Å²) in [6.45, 7) is 0.583. The Morgan fingerprint density at radius 3 is 3.11 bits per heavy atom. The van der Waals surface area contributed by atoms with Crippen molar-refractivity contribution in [1.29, 1.82) is 5.26 Å². The number of aromatic nitrogens is 2. The van der Waals surface area contributed by atoms with Gasteiger partial charge in [-0.25, -0.2) is 4.52 Å². The SMILES string of the molecule is N#CC1CCN(c2ccnn3cc(Br)cc23)C1=O. The van der Waals surface area contributed by atoms with Crippen LogP contribution in [0, 0.1) is 17.2 Å². The minimum absolute atomic E-state index is 0.122. The predicted octanol–water partition coefficient (Wildman–Crippen LogP) is 1.97. The van der Waals surface area contributed by atoms with E-state index in [-0.39, 0.29) is 5.91 Å². The third-order valence-electron chi connectivity index (χ3n) is 3.11. The highest BCUT2D eigenvalue weighted by atomic mass is 79.9. The summed E-state index contributed by atoms with van der Waals surface area (Å²) >= 11 is 3.39. The Kier molecular flexibility index (Phi) is 2.56. The van der Waals surface area contributed by atoms with E-state index in [0.29, 0.717) is 13.0 Å². The summed E-state index contributed by atoms with van der Waals surface area (Å²) in [6, 6.07) is 5.76. The van der Waals surface area contributed by atoms with Crippen molar-refractivity contribution in [2.75, 3.05) is 11.4 Å². The molecule has 0 N–H and O–H groups in total. The standard InChI is InChI=1S/C12H9BrN4O/c13-9-5-11-10(1-3-15-17(11)7-9)16-4-2-8(6-14)12(16)18/h1,3,5,7-8H,2,4H2. The second kappa shape index (κ2) is 4.10. The van der Waals surface area contributed by atoms with Gasteiger partial charge in [0.1, 0.15) is 5.92 Å². The molecule has 90 valence electrons. The maximum Gasteiger partial charge on any atom is 0.244 e. The molecule has 0 spiro atoms. The number of hydrogen-bond acceptors (Lipinski definition) is 3. The molecule has 3 heterocycles. The molecule has 0 bridgehead atoms. The summed E-state index contributed by atoms with van der Waals surface area (Å²) in [5, 5.41) is 13.1. The maximum atomic E-state index is 12.0. The molecular formula is C12H9BrN4O. The molecule has 1 atom stereocenters. The molecule has 3 rings (SSSR count). The molecule has 1 fully saturated rings. The smallest absolute Gasteiger partial charge is 0.244 e. The predicted molar refractivity (Wildman–Crippen MR) is 69.0 cm³/mol. The Morgan fingerprint density at radius 1 is 1.56 bits per heavy atom. The Morgan fingerprint density at radius 2 is 2.39 bits per heavy atom. The van der Waals surface area contributed by atoms with Crippen molar-refractivity contribution in [3.05, 3.63) is 29.0 Å². The summed E-state index contributed by atoms with van der Waals surface area (Å²) in [4.78, 5) is 13.7. The fraction of sp³-hybridized carbons (Fsp3) is 0.250. The van der Waals surface area contributed by atoms with Gasteiger partial charge in [-0.1, -0.05) is 0 Å². The second-order valence-corrected chi connectivity index (χ2v) is 5.08. The Hall–Kier alpha value is -1.87. The molecule has 1 unspecified atom stereocenters. The van der Waals surface area contributed by atoms with E-state index in [1.165, 1.54) is 0 Å². The molecule has 2 aromatic heterocycles. The monoisotopic (exact) mass is 304 g/mol. The van der Waals surface area contributed by atoms with Gasteiger partial charge in [-0.2, -0.15) is 10.4 Å². The van der Waals surface area contributed by atoms with Crippen molar-refractivity contribution in [3.63, 3.8) is 0 Å². The van der Waals surface area contributed by atoms with Crippen LogP contribution in [0.4, 0.5) is 5.69 Å². The van der Waals surface area contributed by atoms with Gasteiger partial charge in [0, 0.05) is 23.4 Å². The molecular weight excluding hydrogens is 296 g/mol. The number of halogens is 1. The molecule has 0 radical (unpaired) electrons. The number of nitriles is 1. The fourth-order valence-corrected chi connectivity index (χ4v) is 2.65. The third kappa shape index (κ3) is 1.59. The normalized spacial score (nSPS) is 19.4. The number of anilines is 1. The van der Waals surface area contributed by atoms with Gasteiger partial charge in [-0.3, -0.25) is 4.79 Å². The second-order valence-electron chi connectivity index (χ2n) is 4.16. The first-order chi connectivity index (χ1) is 8.70. The van der Waals surface area contributed by atoms with Gasteiger partial charge in [0.2, 0.25) is 5.91 Å². The van der Waals surface area contributed by atoms with E-state index < -0.39 is 5.92 Å². The maximum absolute atomic E-state index is 12.0. The van der Waals surface area contributed by atoms with Crippen molar-refractivity contribution in [1.82, 2.24) is 9.61 Å². The highest BCUT2D eigenvalue weighted by Gasteiger charge is 2.33. The summed E-state index contributed by atoms with van der Waals surface area (Å²) in [5.74, 6) is -0.639. The first-order valence-corrected chi connectivity index (χ1v) is 6.34. The zero-order valence-corrected chi connectivity index (χ0v) is 11.0. The van der Waals surface area contributed by atoms with Crippen LogP contribution in [0.15, 0.2) is 29.0 Å². The highest BCUT2D eigenvalue weighted by Crippen LogP contribution is 2.30. The number of carbonyl (C=O) groups excluding carboxylic acids is 1. The van der Waals surface area contributed by atoms with Crippen LogP contribution in [0.3, 0.4) is 0 Å². The van der Waals surface area contributed by atoms with E-state index in [4.69, 9.17) is 5.26 Å². The lowest BCUT2D eigenvalue weighted by atomic mass is 10.1. The van der Waals surface area contributed by atoms with E-state index in [1.54, 1.807) is 21.7 Å². The van der Waals surface area contributed by atoms with E-state index in [1.807, 2.05) is 18.3 Å². The van der Waals surface area contributed by atoms with Gasteiger partial charge in [-0.15, -0.1) is 0 Å². The number of carbonyl (C=O) groups is 1. The molecule has 0 aliphatic carbocycles. The van der Waals surface area contributed by atoms with Crippen LogP contribution in [0.2, 0.25) is 0 Å². The van der Waals surface area contributed by atoms with Gasteiger partial charge in [0.25, 0.3) is 0 Å². The van der Waals surface area contributed by atoms with Crippen molar-refractivity contribution in [2.45, 2.75) is 6.42 Å². The number of fused-ring (bicyclic) bond motifs is 1. The minimum atomic E-state index is -0.517. The zero-order valence-electron chi connectivity index (χ0n) is 9.38. The van der Waals surface area contributed by atoms with E-state index >= 15 is 0 Å². The molecule has 1 amide bonds. The Bertz CT molecular complexity index is 672. The van der Waals surface area contributed by atoms with Gasteiger partial charge < -0.3 is 4.90 Å². The van der Waals surface area contributed by atoms with Crippen LogP contribution in [0.1, 0.15) is 6.42 Å². The van der Waals surface area contributed by atoms with Gasteiger partial charge in [0.05, 0.1) is 17.3 Å². The average molecular weight is 305 g/mol. The van der Waals surface area contributed by atoms with Gasteiger partial charge >= 0.3 is 0 Å². The third-order valence-corrected chi connectivity index (χ3v) is 3.54. The zero-order chi connectivity index (χ0) is 12.7. The molecule has 1 aliphatic heterocycles. The van der Waals surface area contributed by atoms with Crippen molar-refractivity contribution >= 4 is 33.0 Å². The number of rotatable bonds is 1. The first-order valence-electron chi connectivity index (χ1n) is 5.54. The van der Waals surface area contributed by atoms with Crippen LogP contribution in [0.5, 0.6) is 0 Å². The van der Waals surface area contributed by atoms with Crippen LogP contribution in [-0.4, -0.2) is 22.1 Å². The fourth-order valence-electron chi connectivity index (χ4n) is 2.24. The van der Waals surface area contributed by atoms with Crippen molar-refractivity contribution in [3.8, 4) is 6.07 Å². The molecule has 1 aliphatic rings. The topological polar surface area (TPSA) is 61.4 Å². The summed E-state index contributed by atoms with van der Waals surface area (Å²) in [5.41, 5.74) is 1.66. The average Bonchev–Trinajstić information content (AvgIpc) is 2.90. The molecule has 0 saturated carbocycles. The molecule has 2 aromatic rings. The quantitative estimate of drug-likeness (QED) is 0.809. The van der Waals surface area contributed by atoms with Crippen LogP contribution in [-0.2, 0) is 4.79 Å². The van der Waals surface area contributed by atoms with Crippen LogP contribution in [0.25, 0.3) is 5.52 Å². The van der Waals surface area contributed by atoms with Crippen LogP contribution >= 0.6 is 15.9 Å². The first kappa shape index (κ1) is 11.2. The summed E-state index contributed by atoms with van der Waals surface area (Å²) < 4.78 is 2.62. The van der Waals surface area contributed by atoms with Crippen LogP contribution < -0.4 is 4.90 Å². The Labute approximate surface area is 112 Å². The largest absolute Gasteiger partial charge is 0.309 e. The molecule has 1 saturated heterocycles. The summed E-state index contributed by atoms with van der Waals surface area (Å²) in [6.07, 6.45) is 4.08. The van der Waals surface area contributed by atoms with Crippen molar-refractivity contribution in [2.24, 2.45) is 5.92 Å². The van der Waals surface area contributed by atoms with Crippen molar-refractivity contribution < 1.29 is 4.79 Å². The lowest BCUT2D eigenvalue weighted by Crippen LogP contribution is -2.27. The summed E-state index contributed by atoms with van der Waals surface area (Å²) in [7, 11) is 0. The molecule has 18 heavy (non-hydrogen) atoms. The van der Waals surface area contributed by atoms with E-state index in [0.717, 1.165) is 15.7 Å². The lowest BCUT2D eigenvalue weighted by Gasteiger charge is -2.16. The lowest BCUT2D eigenvalue weighted by molar-refractivity contribution is -0.118. The molecule has 6 heteroatoms. The number of amides is 1. The van der Waals surface area contributed by atoms with Gasteiger partial charge in [-0.05, 0) is 34.5 Å². The molecule has 5 nitrogen and oxygen atoms in total.